The third kappa shape index (κ3) is 2.89. The van der Waals surface area contributed by atoms with Crippen LogP contribution in [0.2, 0.25) is 0 Å². The van der Waals surface area contributed by atoms with Crippen molar-refractivity contribution in [3.8, 4) is 0 Å². The van der Waals surface area contributed by atoms with Gasteiger partial charge in [0.15, 0.2) is 0 Å². The molecule has 110 valence electrons. The molecule has 0 saturated carbocycles. The normalized spacial score (nSPS) is 29.9. The SMILES string of the molecule is Cc1cc(F)ccc1CCNC1CC2CCC(C1)N2C. The average molecular weight is 276 g/mol. The lowest BCUT2D eigenvalue weighted by atomic mass is 9.97. The molecule has 20 heavy (non-hydrogen) atoms. The Hall–Kier alpha value is -0.930. The number of halogens is 1. The predicted molar refractivity (Wildman–Crippen MR) is 80.4 cm³/mol. The van der Waals surface area contributed by atoms with Crippen molar-refractivity contribution in [1.29, 1.82) is 0 Å². The summed E-state index contributed by atoms with van der Waals surface area (Å²) in [6.07, 6.45) is 6.31. The molecule has 1 N–H and O–H groups in total. The predicted octanol–water partition coefficient (Wildman–Crippen LogP) is 2.89. The largest absolute Gasteiger partial charge is 0.314 e. The van der Waals surface area contributed by atoms with E-state index in [-0.39, 0.29) is 5.82 Å². The van der Waals surface area contributed by atoms with E-state index in [0.29, 0.717) is 6.04 Å². The standard InChI is InChI=1S/C17H25FN2/c1-12-9-14(18)4-3-13(12)7-8-19-15-10-16-5-6-17(11-15)20(16)2/h3-4,9,15-17,19H,5-8,10-11H2,1-2H3. The fourth-order valence-electron chi connectivity index (χ4n) is 3.93. The van der Waals surface area contributed by atoms with E-state index >= 15 is 0 Å². The summed E-state index contributed by atoms with van der Waals surface area (Å²) in [6.45, 7) is 2.99. The first-order valence-electron chi connectivity index (χ1n) is 7.84. The summed E-state index contributed by atoms with van der Waals surface area (Å²) in [7, 11) is 2.28. The summed E-state index contributed by atoms with van der Waals surface area (Å²) < 4.78 is 13.1. The molecule has 2 saturated heterocycles. The van der Waals surface area contributed by atoms with Gasteiger partial charge in [0.25, 0.3) is 0 Å². The molecule has 1 aromatic rings. The Labute approximate surface area is 121 Å². The zero-order chi connectivity index (χ0) is 14.1. The van der Waals surface area contributed by atoms with Crippen LogP contribution in [0.25, 0.3) is 0 Å². The Morgan fingerprint density at radius 3 is 2.60 bits per heavy atom. The van der Waals surface area contributed by atoms with E-state index in [4.69, 9.17) is 0 Å². The Balaban J connectivity index is 1.49. The van der Waals surface area contributed by atoms with E-state index in [0.717, 1.165) is 30.6 Å². The van der Waals surface area contributed by atoms with Gasteiger partial charge in [0.05, 0.1) is 0 Å². The average Bonchev–Trinajstić information content (AvgIpc) is 2.64. The molecule has 1 aromatic carbocycles. The molecule has 2 aliphatic heterocycles. The summed E-state index contributed by atoms with van der Waals surface area (Å²) in [4.78, 5) is 2.57. The van der Waals surface area contributed by atoms with Crippen LogP contribution in [-0.2, 0) is 6.42 Å². The van der Waals surface area contributed by atoms with Gasteiger partial charge in [0.1, 0.15) is 5.82 Å². The minimum Gasteiger partial charge on any atom is -0.314 e. The van der Waals surface area contributed by atoms with Crippen LogP contribution in [0.5, 0.6) is 0 Å². The van der Waals surface area contributed by atoms with Gasteiger partial charge in [-0.05, 0) is 75.9 Å². The monoisotopic (exact) mass is 276 g/mol. The lowest BCUT2D eigenvalue weighted by Crippen LogP contribution is -2.47. The highest BCUT2D eigenvalue weighted by molar-refractivity contribution is 5.26. The maximum Gasteiger partial charge on any atom is 0.123 e. The molecule has 0 aromatic heterocycles. The highest BCUT2D eigenvalue weighted by Gasteiger charge is 2.37. The van der Waals surface area contributed by atoms with E-state index in [2.05, 4.69) is 17.3 Å². The van der Waals surface area contributed by atoms with Crippen molar-refractivity contribution in [3.05, 3.63) is 35.1 Å². The van der Waals surface area contributed by atoms with Crippen LogP contribution in [0.4, 0.5) is 4.39 Å². The quantitative estimate of drug-likeness (QED) is 0.909. The molecule has 2 heterocycles. The van der Waals surface area contributed by atoms with Crippen LogP contribution < -0.4 is 5.32 Å². The third-order valence-corrected chi connectivity index (χ3v) is 5.23. The van der Waals surface area contributed by atoms with Gasteiger partial charge in [0, 0.05) is 18.1 Å². The zero-order valence-electron chi connectivity index (χ0n) is 12.5. The summed E-state index contributed by atoms with van der Waals surface area (Å²) in [5.41, 5.74) is 2.32. The van der Waals surface area contributed by atoms with Crippen LogP contribution >= 0.6 is 0 Å². The fourth-order valence-corrected chi connectivity index (χ4v) is 3.93. The van der Waals surface area contributed by atoms with Crippen LogP contribution in [0.3, 0.4) is 0 Å². The molecule has 2 nitrogen and oxygen atoms in total. The molecule has 2 fully saturated rings. The van der Waals surface area contributed by atoms with Gasteiger partial charge >= 0.3 is 0 Å². The van der Waals surface area contributed by atoms with Crippen molar-refractivity contribution >= 4 is 0 Å². The minimum absolute atomic E-state index is 0.133. The molecule has 3 heteroatoms. The topological polar surface area (TPSA) is 15.3 Å². The number of aryl methyl sites for hydroxylation is 1. The molecular weight excluding hydrogens is 251 g/mol. The van der Waals surface area contributed by atoms with Gasteiger partial charge in [-0.3, -0.25) is 0 Å². The molecular formula is C17H25FN2. The highest BCUT2D eigenvalue weighted by Crippen LogP contribution is 2.34. The molecule has 2 unspecified atom stereocenters. The number of nitrogens with one attached hydrogen (secondary N) is 1. The van der Waals surface area contributed by atoms with E-state index in [1.54, 1.807) is 12.1 Å². The van der Waals surface area contributed by atoms with Crippen molar-refractivity contribution in [3.63, 3.8) is 0 Å². The van der Waals surface area contributed by atoms with Crippen LogP contribution in [-0.4, -0.2) is 36.6 Å². The van der Waals surface area contributed by atoms with Crippen LogP contribution in [0.1, 0.15) is 36.8 Å². The van der Waals surface area contributed by atoms with E-state index in [9.17, 15) is 4.39 Å². The van der Waals surface area contributed by atoms with E-state index < -0.39 is 0 Å². The second kappa shape index (κ2) is 5.82. The van der Waals surface area contributed by atoms with Gasteiger partial charge in [0.2, 0.25) is 0 Å². The van der Waals surface area contributed by atoms with Crippen molar-refractivity contribution in [2.45, 2.75) is 57.2 Å². The lowest BCUT2D eigenvalue weighted by molar-refractivity contribution is 0.149. The summed E-state index contributed by atoms with van der Waals surface area (Å²) in [5.74, 6) is -0.133. The van der Waals surface area contributed by atoms with Crippen molar-refractivity contribution in [1.82, 2.24) is 10.2 Å². The highest BCUT2D eigenvalue weighted by atomic mass is 19.1. The Kier molecular flexibility index (Phi) is 4.08. The number of fused-ring (bicyclic) bond motifs is 2. The Morgan fingerprint density at radius 2 is 1.95 bits per heavy atom. The molecule has 2 aliphatic rings. The molecule has 0 aliphatic carbocycles. The van der Waals surface area contributed by atoms with Gasteiger partial charge < -0.3 is 10.2 Å². The third-order valence-electron chi connectivity index (χ3n) is 5.23. The Morgan fingerprint density at radius 1 is 1.25 bits per heavy atom. The van der Waals surface area contributed by atoms with E-state index in [1.807, 2.05) is 13.0 Å². The van der Waals surface area contributed by atoms with E-state index in [1.165, 1.54) is 31.2 Å². The number of hydrogen-bond donors (Lipinski definition) is 1. The van der Waals surface area contributed by atoms with Crippen molar-refractivity contribution < 1.29 is 4.39 Å². The lowest BCUT2D eigenvalue weighted by Gasteiger charge is -2.36. The smallest absolute Gasteiger partial charge is 0.123 e. The number of nitrogens with zero attached hydrogens (tertiary/aromatic N) is 1. The number of benzene rings is 1. The number of hydrogen-bond acceptors (Lipinski definition) is 2. The maximum atomic E-state index is 13.1. The molecule has 2 bridgehead atoms. The van der Waals surface area contributed by atoms with Gasteiger partial charge in [-0.25, -0.2) is 4.39 Å². The zero-order valence-corrected chi connectivity index (χ0v) is 12.5. The maximum absolute atomic E-state index is 13.1. The Bertz CT molecular complexity index is 460. The summed E-state index contributed by atoms with van der Waals surface area (Å²) in [5, 5.41) is 3.71. The summed E-state index contributed by atoms with van der Waals surface area (Å²) >= 11 is 0. The number of rotatable bonds is 4. The first-order valence-corrected chi connectivity index (χ1v) is 7.84. The number of piperidine rings is 1. The fraction of sp³-hybridized carbons (Fsp3) is 0.647. The second-order valence-corrected chi connectivity index (χ2v) is 6.49. The molecule has 2 atom stereocenters. The minimum atomic E-state index is -0.133. The van der Waals surface area contributed by atoms with Gasteiger partial charge in [-0.1, -0.05) is 6.07 Å². The second-order valence-electron chi connectivity index (χ2n) is 6.49. The molecule has 0 radical (unpaired) electrons. The van der Waals surface area contributed by atoms with Crippen molar-refractivity contribution in [2.24, 2.45) is 0 Å². The summed E-state index contributed by atoms with van der Waals surface area (Å²) in [6, 6.07) is 7.37. The first-order chi connectivity index (χ1) is 9.63. The van der Waals surface area contributed by atoms with Crippen LogP contribution in [0, 0.1) is 12.7 Å². The van der Waals surface area contributed by atoms with Crippen molar-refractivity contribution in [2.75, 3.05) is 13.6 Å². The van der Waals surface area contributed by atoms with Crippen LogP contribution in [0.15, 0.2) is 18.2 Å². The molecule has 0 spiro atoms. The molecule has 3 rings (SSSR count). The first kappa shape index (κ1) is 14.0. The van der Waals surface area contributed by atoms with Gasteiger partial charge in [-0.2, -0.15) is 0 Å². The van der Waals surface area contributed by atoms with Gasteiger partial charge in [-0.15, -0.1) is 0 Å². The molecule has 0 amide bonds.